The molecular weight excluding hydrogens is 265 g/mol. The lowest BCUT2D eigenvalue weighted by Crippen LogP contribution is -2.33. The van der Waals surface area contributed by atoms with Crippen molar-refractivity contribution in [2.45, 2.75) is 39.7 Å². The van der Waals surface area contributed by atoms with E-state index in [4.69, 9.17) is 11.6 Å². The third-order valence-electron chi connectivity index (χ3n) is 2.98. The van der Waals surface area contributed by atoms with E-state index in [-0.39, 0.29) is 17.7 Å². The molecule has 0 fully saturated rings. The van der Waals surface area contributed by atoms with E-state index in [1.807, 2.05) is 27.7 Å². The van der Waals surface area contributed by atoms with E-state index in [2.05, 4.69) is 5.32 Å². The largest absolute Gasteiger partial charge is 0.313 e. The molecule has 0 aliphatic carbocycles. The van der Waals surface area contributed by atoms with E-state index < -0.39 is 11.7 Å². The monoisotopic (exact) mass is 285 g/mol. The lowest BCUT2D eigenvalue weighted by Gasteiger charge is -2.21. The van der Waals surface area contributed by atoms with Gasteiger partial charge in [-0.2, -0.15) is 0 Å². The normalized spacial score (nSPS) is 13.1. The van der Waals surface area contributed by atoms with Gasteiger partial charge in [0.2, 0.25) is 0 Å². The summed E-state index contributed by atoms with van der Waals surface area (Å²) in [6.07, 6.45) is 0. The standard InChI is InChI=1S/C15H21ClFNO/c1-9(2)15(19)13(8-18-10(3)4)12-6-5-11(16)7-14(12)17/h5-7,9-10,13,18H,8H2,1-4H3/t13-/m0/s1. The first-order valence-corrected chi connectivity index (χ1v) is 6.92. The number of rotatable bonds is 6. The van der Waals surface area contributed by atoms with Crippen LogP contribution in [0.1, 0.15) is 39.2 Å². The topological polar surface area (TPSA) is 29.1 Å². The van der Waals surface area contributed by atoms with Gasteiger partial charge in [0, 0.05) is 23.5 Å². The third kappa shape index (κ3) is 4.59. The Morgan fingerprint density at radius 1 is 1.32 bits per heavy atom. The predicted octanol–water partition coefficient (Wildman–Crippen LogP) is 3.79. The average molecular weight is 286 g/mol. The summed E-state index contributed by atoms with van der Waals surface area (Å²) in [6.45, 7) is 8.09. The highest BCUT2D eigenvalue weighted by Crippen LogP contribution is 2.25. The van der Waals surface area contributed by atoms with Crippen molar-refractivity contribution in [3.8, 4) is 0 Å². The summed E-state index contributed by atoms with van der Waals surface area (Å²) in [5.74, 6) is -0.986. The number of nitrogens with one attached hydrogen (secondary N) is 1. The number of hydrogen-bond donors (Lipinski definition) is 1. The van der Waals surface area contributed by atoms with Crippen molar-refractivity contribution in [3.05, 3.63) is 34.6 Å². The maximum absolute atomic E-state index is 14.0. The first kappa shape index (κ1) is 16.1. The minimum atomic E-state index is -0.473. The van der Waals surface area contributed by atoms with Crippen LogP contribution in [0.3, 0.4) is 0 Å². The maximum atomic E-state index is 14.0. The van der Waals surface area contributed by atoms with Crippen molar-refractivity contribution in [2.75, 3.05) is 6.54 Å². The van der Waals surface area contributed by atoms with Crippen LogP contribution in [0.25, 0.3) is 0 Å². The zero-order valence-corrected chi connectivity index (χ0v) is 12.6. The average Bonchev–Trinajstić information content (AvgIpc) is 2.30. The first-order valence-electron chi connectivity index (χ1n) is 6.55. The van der Waals surface area contributed by atoms with Gasteiger partial charge in [0.15, 0.2) is 0 Å². The van der Waals surface area contributed by atoms with E-state index in [9.17, 15) is 9.18 Å². The quantitative estimate of drug-likeness (QED) is 0.862. The van der Waals surface area contributed by atoms with Crippen LogP contribution in [-0.2, 0) is 4.79 Å². The van der Waals surface area contributed by atoms with E-state index >= 15 is 0 Å². The van der Waals surface area contributed by atoms with Gasteiger partial charge in [-0.15, -0.1) is 0 Å². The van der Waals surface area contributed by atoms with Crippen molar-refractivity contribution in [2.24, 2.45) is 5.92 Å². The molecule has 1 atom stereocenters. The third-order valence-corrected chi connectivity index (χ3v) is 3.22. The Kier molecular flexibility index (Phi) is 5.95. The molecule has 0 spiro atoms. The fraction of sp³-hybridized carbons (Fsp3) is 0.533. The molecule has 1 aromatic rings. The van der Waals surface area contributed by atoms with Gasteiger partial charge in [-0.25, -0.2) is 4.39 Å². The molecule has 0 amide bonds. The number of hydrogen-bond acceptors (Lipinski definition) is 2. The number of carbonyl (C=O) groups excluding carboxylic acids is 1. The molecule has 0 radical (unpaired) electrons. The Hall–Kier alpha value is -0.930. The first-order chi connectivity index (χ1) is 8.82. The maximum Gasteiger partial charge on any atom is 0.144 e. The summed E-state index contributed by atoms with van der Waals surface area (Å²) in [7, 11) is 0. The summed E-state index contributed by atoms with van der Waals surface area (Å²) in [4.78, 5) is 12.3. The molecule has 0 aliphatic rings. The number of ketones is 1. The van der Waals surface area contributed by atoms with Gasteiger partial charge in [0.1, 0.15) is 11.6 Å². The minimum Gasteiger partial charge on any atom is -0.313 e. The molecule has 2 nitrogen and oxygen atoms in total. The molecule has 1 rings (SSSR count). The lowest BCUT2D eigenvalue weighted by molar-refractivity contribution is -0.123. The second kappa shape index (κ2) is 7.01. The summed E-state index contributed by atoms with van der Waals surface area (Å²) in [6, 6.07) is 4.73. The second-order valence-electron chi connectivity index (χ2n) is 5.34. The molecule has 0 bridgehead atoms. The number of benzene rings is 1. The van der Waals surface area contributed by atoms with Crippen molar-refractivity contribution >= 4 is 17.4 Å². The second-order valence-corrected chi connectivity index (χ2v) is 5.77. The highest BCUT2D eigenvalue weighted by atomic mass is 35.5. The predicted molar refractivity (Wildman–Crippen MR) is 77.1 cm³/mol. The number of halogens is 2. The summed E-state index contributed by atoms with van der Waals surface area (Å²) in [5.41, 5.74) is 0.413. The van der Waals surface area contributed by atoms with Crippen molar-refractivity contribution in [1.29, 1.82) is 0 Å². The highest BCUT2D eigenvalue weighted by molar-refractivity contribution is 6.30. The van der Waals surface area contributed by atoms with Crippen molar-refractivity contribution < 1.29 is 9.18 Å². The molecule has 0 heterocycles. The van der Waals surface area contributed by atoms with E-state index in [0.717, 1.165) is 0 Å². The summed E-state index contributed by atoms with van der Waals surface area (Å²) in [5, 5.41) is 3.54. The Morgan fingerprint density at radius 2 is 1.95 bits per heavy atom. The van der Waals surface area contributed by atoms with E-state index in [1.54, 1.807) is 12.1 Å². The molecule has 0 saturated carbocycles. The smallest absolute Gasteiger partial charge is 0.144 e. The van der Waals surface area contributed by atoms with Gasteiger partial charge in [-0.1, -0.05) is 45.4 Å². The molecule has 0 aromatic heterocycles. The van der Waals surface area contributed by atoms with Gasteiger partial charge >= 0.3 is 0 Å². The minimum absolute atomic E-state index is 0.0365. The number of Topliss-reactive ketones (excluding diaryl/α,β-unsaturated/α-hetero) is 1. The zero-order valence-electron chi connectivity index (χ0n) is 11.8. The van der Waals surface area contributed by atoms with Crippen LogP contribution >= 0.6 is 11.6 Å². The Labute approximate surface area is 119 Å². The SMILES string of the molecule is CC(C)NC[C@H](C(=O)C(C)C)c1ccc(Cl)cc1F. The van der Waals surface area contributed by atoms with Gasteiger partial charge in [0.05, 0.1) is 5.92 Å². The molecule has 4 heteroatoms. The Balaban J connectivity index is 3.04. The summed E-state index contributed by atoms with van der Waals surface area (Å²) >= 11 is 5.75. The highest BCUT2D eigenvalue weighted by Gasteiger charge is 2.25. The molecule has 0 saturated heterocycles. The van der Waals surface area contributed by atoms with Gasteiger partial charge in [0.25, 0.3) is 0 Å². The van der Waals surface area contributed by atoms with E-state index in [0.29, 0.717) is 17.1 Å². The lowest BCUT2D eigenvalue weighted by atomic mass is 9.88. The summed E-state index contributed by atoms with van der Waals surface area (Å²) < 4.78 is 14.0. The molecular formula is C15H21ClFNO. The van der Waals surface area contributed by atoms with Gasteiger partial charge < -0.3 is 5.32 Å². The van der Waals surface area contributed by atoms with Crippen LogP contribution in [0.4, 0.5) is 4.39 Å². The zero-order chi connectivity index (χ0) is 14.6. The molecule has 1 N–H and O–H groups in total. The van der Waals surface area contributed by atoms with Crippen molar-refractivity contribution in [1.82, 2.24) is 5.32 Å². The molecule has 1 aromatic carbocycles. The fourth-order valence-electron chi connectivity index (χ4n) is 1.90. The van der Waals surface area contributed by atoms with Crippen LogP contribution in [-0.4, -0.2) is 18.4 Å². The van der Waals surface area contributed by atoms with Crippen molar-refractivity contribution in [3.63, 3.8) is 0 Å². The van der Waals surface area contributed by atoms with Crippen LogP contribution in [0.5, 0.6) is 0 Å². The van der Waals surface area contributed by atoms with E-state index in [1.165, 1.54) is 6.07 Å². The molecule has 0 aliphatic heterocycles. The van der Waals surface area contributed by atoms with Crippen LogP contribution in [0.2, 0.25) is 5.02 Å². The molecule has 106 valence electrons. The van der Waals surface area contributed by atoms with Gasteiger partial charge in [-0.3, -0.25) is 4.79 Å². The number of carbonyl (C=O) groups is 1. The Morgan fingerprint density at radius 3 is 2.42 bits per heavy atom. The van der Waals surface area contributed by atoms with Crippen LogP contribution in [0.15, 0.2) is 18.2 Å². The molecule has 0 unspecified atom stereocenters. The van der Waals surface area contributed by atoms with Crippen LogP contribution in [0, 0.1) is 11.7 Å². The fourth-order valence-corrected chi connectivity index (χ4v) is 2.06. The van der Waals surface area contributed by atoms with Gasteiger partial charge in [-0.05, 0) is 17.7 Å². The Bertz CT molecular complexity index is 446. The van der Waals surface area contributed by atoms with Crippen LogP contribution < -0.4 is 5.32 Å². The molecule has 19 heavy (non-hydrogen) atoms.